The Morgan fingerprint density at radius 3 is 2.53 bits per heavy atom. The lowest BCUT2D eigenvalue weighted by Gasteiger charge is -2.06. The third kappa shape index (κ3) is 3.76. The van der Waals surface area contributed by atoms with E-state index >= 15 is 0 Å². The molecule has 0 atom stereocenters. The van der Waals surface area contributed by atoms with Gasteiger partial charge >= 0.3 is 0 Å². The largest absolute Gasteiger partial charge is 0.377 e. The van der Waals surface area contributed by atoms with E-state index in [1.807, 2.05) is 37.3 Å². The second kappa shape index (κ2) is 6.47. The molecule has 0 unspecified atom stereocenters. The number of nitrogens with one attached hydrogen (secondary N) is 1. The molecule has 0 saturated carbocycles. The van der Waals surface area contributed by atoms with Crippen LogP contribution in [0.15, 0.2) is 36.4 Å². The molecular formula is C14H14N4O. The maximum atomic E-state index is 8.63. The summed E-state index contributed by atoms with van der Waals surface area (Å²) in [5, 5.41) is 19.4. The standard InChI is InChI=1S/C14H14N4O/c1-2-19-10-11-3-5-12(6-4-11)16-14-8-7-13(9-15)17-18-14/h3-8H,2,10H2,1H3,(H,16,18). The van der Waals surface area contributed by atoms with Gasteiger partial charge in [0.05, 0.1) is 6.61 Å². The highest BCUT2D eigenvalue weighted by Crippen LogP contribution is 2.15. The van der Waals surface area contributed by atoms with Gasteiger partial charge in [-0.3, -0.25) is 0 Å². The van der Waals surface area contributed by atoms with E-state index in [0.29, 0.717) is 24.7 Å². The molecule has 0 radical (unpaired) electrons. The van der Waals surface area contributed by atoms with E-state index in [1.54, 1.807) is 12.1 Å². The van der Waals surface area contributed by atoms with Gasteiger partial charge in [0.25, 0.3) is 0 Å². The maximum Gasteiger partial charge on any atom is 0.163 e. The summed E-state index contributed by atoms with van der Waals surface area (Å²) in [6, 6.07) is 13.2. The molecule has 2 rings (SSSR count). The number of rotatable bonds is 5. The van der Waals surface area contributed by atoms with E-state index < -0.39 is 0 Å². The number of hydrogen-bond donors (Lipinski definition) is 1. The van der Waals surface area contributed by atoms with Crippen molar-refractivity contribution in [3.63, 3.8) is 0 Å². The van der Waals surface area contributed by atoms with Crippen LogP contribution < -0.4 is 5.32 Å². The third-order valence-corrected chi connectivity index (χ3v) is 2.48. The Morgan fingerprint density at radius 2 is 1.95 bits per heavy atom. The maximum absolute atomic E-state index is 8.63. The highest BCUT2D eigenvalue weighted by Gasteiger charge is 1.99. The quantitative estimate of drug-likeness (QED) is 0.888. The van der Waals surface area contributed by atoms with E-state index in [0.717, 1.165) is 11.3 Å². The first-order valence-corrected chi connectivity index (χ1v) is 5.99. The molecule has 5 heteroatoms. The summed E-state index contributed by atoms with van der Waals surface area (Å²) in [4.78, 5) is 0. The molecule has 0 bridgehead atoms. The molecule has 5 nitrogen and oxygen atoms in total. The average Bonchev–Trinajstić information content (AvgIpc) is 2.47. The molecule has 0 aliphatic carbocycles. The van der Waals surface area contributed by atoms with Crippen molar-refractivity contribution in [1.29, 1.82) is 5.26 Å². The fourth-order valence-corrected chi connectivity index (χ4v) is 1.51. The molecular weight excluding hydrogens is 240 g/mol. The minimum absolute atomic E-state index is 0.303. The zero-order valence-corrected chi connectivity index (χ0v) is 10.6. The summed E-state index contributed by atoms with van der Waals surface area (Å²) in [5.41, 5.74) is 2.34. The normalized spacial score (nSPS) is 9.89. The Morgan fingerprint density at radius 1 is 1.16 bits per heavy atom. The predicted octanol–water partition coefficient (Wildman–Crippen LogP) is 2.63. The van der Waals surface area contributed by atoms with Crippen molar-refractivity contribution >= 4 is 11.5 Å². The fraction of sp³-hybridized carbons (Fsp3) is 0.214. The van der Waals surface area contributed by atoms with Crippen molar-refractivity contribution in [2.45, 2.75) is 13.5 Å². The first kappa shape index (κ1) is 13.0. The van der Waals surface area contributed by atoms with Crippen molar-refractivity contribution in [3.05, 3.63) is 47.7 Å². The highest BCUT2D eigenvalue weighted by molar-refractivity contribution is 5.56. The molecule has 1 aromatic carbocycles. The van der Waals surface area contributed by atoms with Gasteiger partial charge in [0.1, 0.15) is 6.07 Å². The van der Waals surface area contributed by atoms with Gasteiger partial charge in [0.2, 0.25) is 0 Å². The fourth-order valence-electron chi connectivity index (χ4n) is 1.51. The molecule has 1 heterocycles. The summed E-state index contributed by atoms with van der Waals surface area (Å²) in [5.74, 6) is 0.608. The lowest BCUT2D eigenvalue weighted by molar-refractivity contribution is 0.134. The zero-order chi connectivity index (χ0) is 13.5. The number of hydrogen-bond acceptors (Lipinski definition) is 5. The van der Waals surface area contributed by atoms with Crippen LogP contribution in [-0.2, 0) is 11.3 Å². The number of anilines is 2. The van der Waals surface area contributed by atoms with Crippen LogP contribution in [0.3, 0.4) is 0 Å². The average molecular weight is 254 g/mol. The highest BCUT2D eigenvalue weighted by atomic mass is 16.5. The van der Waals surface area contributed by atoms with E-state index in [1.165, 1.54) is 0 Å². The zero-order valence-electron chi connectivity index (χ0n) is 10.6. The molecule has 1 aromatic heterocycles. The Kier molecular flexibility index (Phi) is 4.43. The van der Waals surface area contributed by atoms with Crippen molar-refractivity contribution < 1.29 is 4.74 Å². The van der Waals surface area contributed by atoms with Gasteiger partial charge in [-0.2, -0.15) is 5.26 Å². The van der Waals surface area contributed by atoms with Crippen LogP contribution in [0.1, 0.15) is 18.2 Å². The molecule has 96 valence electrons. The van der Waals surface area contributed by atoms with Gasteiger partial charge in [0.15, 0.2) is 11.5 Å². The molecule has 0 aliphatic heterocycles. The van der Waals surface area contributed by atoms with Gasteiger partial charge in [-0.15, -0.1) is 10.2 Å². The van der Waals surface area contributed by atoms with E-state index in [-0.39, 0.29) is 0 Å². The van der Waals surface area contributed by atoms with Crippen LogP contribution in [0.5, 0.6) is 0 Å². The summed E-state index contributed by atoms with van der Waals surface area (Å²) < 4.78 is 5.33. The first-order valence-electron chi connectivity index (χ1n) is 5.99. The van der Waals surface area contributed by atoms with Crippen LogP contribution in [0.4, 0.5) is 11.5 Å². The Labute approximate surface area is 111 Å². The van der Waals surface area contributed by atoms with Gasteiger partial charge in [-0.1, -0.05) is 12.1 Å². The van der Waals surface area contributed by atoms with Gasteiger partial charge in [0, 0.05) is 12.3 Å². The summed E-state index contributed by atoms with van der Waals surface area (Å²) in [6.45, 7) is 3.30. The van der Waals surface area contributed by atoms with E-state index in [2.05, 4.69) is 15.5 Å². The predicted molar refractivity (Wildman–Crippen MR) is 71.8 cm³/mol. The van der Waals surface area contributed by atoms with Crippen molar-refractivity contribution in [2.24, 2.45) is 0 Å². The van der Waals surface area contributed by atoms with Crippen LogP contribution in [-0.4, -0.2) is 16.8 Å². The molecule has 1 N–H and O–H groups in total. The number of nitrogens with zero attached hydrogens (tertiary/aromatic N) is 3. The molecule has 0 amide bonds. The molecule has 0 saturated heterocycles. The second-order valence-corrected chi connectivity index (χ2v) is 3.87. The number of nitriles is 1. The molecule has 19 heavy (non-hydrogen) atoms. The number of benzene rings is 1. The van der Waals surface area contributed by atoms with E-state index in [9.17, 15) is 0 Å². The third-order valence-electron chi connectivity index (χ3n) is 2.48. The number of aromatic nitrogens is 2. The lowest BCUT2D eigenvalue weighted by Crippen LogP contribution is -1.97. The van der Waals surface area contributed by atoms with Crippen molar-refractivity contribution in [1.82, 2.24) is 10.2 Å². The molecule has 0 spiro atoms. The minimum Gasteiger partial charge on any atom is -0.377 e. The molecule has 0 fully saturated rings. The van der Waals surface area contributed by atoms with Gasteiger partial charge in [-0.25, -0.2) is 0 Å². The SMILES string of the molecule is CCOCc1ccc(Nc2ccc(C#N)nn2)cc1. The Bertz CT molecular complexity index is 557. The van der Waals surface area contributed by atoms with Crippen LogP contribution >= 0.6 is 0 Å². The van der Waals surface area contributed by atoms with E-state index in [4.69, 9.17) is 10.00 Å². The summed E-state index contributed by atoms with van der Waals surface area (Å²) >= 11 is 0. The van der Waals surface area contributed by atoms with Crippen LogP contribution in [0.25, 0.3) is 0 Å². The second-order valence-electron chi connectivity index (χ2n) is 3.87. The van der Waals surface area contributed by atoms with Crippen molar-refractivity contribution in [3.8, 4) is 6.07 Å². The summed E-state index contributed by atoms with van der Waals surface area (Å²) in [6.07, 6.45) is 0. The monoisotopic (exact) mass is 254 g/mol. The smallest absolute Gasteiger partial charge is 0.163 e. The Balaban J connectivity index is 2.00. The number of ether oxygens (including phenoxy) is 1. The van der Waals surface area contributed by atoms with Crippen LogP contribution in [0.2, 0.25) is 0 Å². The Hall–Kier alpha value is -2.45. The summed E-state index contributed by atoms with van der Waals surface area (Å²) in [7, 11) is 0. The molecule has 2 aromatic rings. The minimum atomic E-state index is 0.303. The van der Waals surface area contributed by atoms with Gasteiger partial charge in [-0.05, 0) is 36.8 Å². The first-order chi connectivity index (χ1) is 9.31. The van der Waals surface area contributed by atoms with Crippen molar-refractivity contribution in [2.75, 3.05) is 11.9 Å². The van der Waals surface area contributed by atoms with Crippen LogP contribution in [0, 0.1) is 11.3 Å². The van der Waals surface area contributed by atoms with Gasteiger partial charge < -0.3 is 10.1 Å². The molecule has 0 aliphatic rings. The lowest BCUT2D eigenvalue weighted by atomic mass is 10.2. The topological polar surface area (TPSA) is 70.8 Å².